The highest BCUT2D eigenvalue weighted by Crippen LogP contribution is 2.38. The second-order valence-corrected chi connectivity index (χ2v) is 5.48. The molecule has 0 bridgehead atoms. The van der Waals surface area contributed by atoms with E-state index in [0.29, 0.717) is 17.0 Å². The lowest BCUT2D eigenvalue weighted by atomic mass is 9.77. The van der Waals surface area contributed by atoms with Crippen LogP contribution in [0.5, 0.6) is 0 Å². The molecule has 1 nitrogen and oxygen atoms in total. The smallest absolute Gasteiger partial charge is 0.196 e. The van der Waals surface area contributed by atoms with Gasteiger partial charge in [-0.25, -0.2) is 4.39 Å². The zero-order valence-electron chi connectivity index (χ0n) is 11.5. The van der Waals surface area contributed by atoms with Crippen LogP contribution in [0.25, 0.3) is 0 Å². The Morgan fingerprint density at radius 3 is 2.45 bits per heavy atom. The first-order valence-corrected chi connectivity index (χ1v) is 7.07. The summed E-state index contributed by atoms with van der Waals surface area (Å²) in [6.07, 6.45) is 3.47. The van der Waals surface area contributed by atoms with Crippen molar-refractivity contribution in [2.45, 2.75) is 32.1 Å². The minimum Gasteiger partial charge on any atom is -0.288 e. The predicted molar refractivity (Wildman–Crippen MR) is 77.6 cm³/mol. The Labute approximate surface area is 118 Å². The van der Waals surface area contributed by atoms with E-state index in [9.17, 15) is 9.18 Å². The molecule has 0 saturated heterocycles. The predicted octanol–water partition coefficient (Wildman–Crippen LogP) is 4.63. The maximum atomic E-state index is 14.1. The van der Waals surface area contributed by atoms with Crippen LogP contribution in [0.1, 0.15) is 52.2 Å². The number of carbonyl (C=O) groups excluding carboxylic acids is 1. The minimum absolute atomic E-state index is 0.178. The average molecular weight is 268 g/mol. The maximum absolute atomic E-state index is 14.1. The van der Waals surface area contributed by atoms with E-state index in [4.69, 9.17) is 0 Å². The number of ketones is 1. The lowest BCUT2D eigenvalue weighted by Crippen LogP contribution is -2.15. The fourth-order valence-electron chi connectivity index (χ4n) is 2.75. The molecule has 2 aromatic rings. The summed E-state index contributed by atoms with van der Waals surface area (Å²) < 4.78 is 14.1. The SMILES string of the molecule is Cc1cccc(C(=O)c2ccccc2C2CCC2)c1F. The summed E-state index contributed by atoms with van der Waals surface area (Å²) in [6, 6.07) is 12.6. The first-order valence-electron chi connectivity index (χ1n) is 7.07. The van der Waals surface area contributed by atoms with Crippen LogP contribution >= 0.6 is 0 Å². The number of hydrogen-bond acceptors (Lipinski definition) is 1. The zero-order chi connectivity index (χ0) is 14.1. The molecule has 20 heavy (non-hydrogen) atoms. The fraction of sp³-hybridized carbons (Fsp3) is 0.278. The summed E-state index contributed by atoms with van der Waals surface area (Å²) in [7, 11) is 0. The van der Waals surface area contributed by atoms with Gasteiger partial charge in [-0.3, -0.25) is 4.79 Å². The molecule has 0 unspecified atom stereocenters. The molecular formula is C18H17FO. The van der Waals surface area contributed by atoms with Crippen molar-refractivity contribution in [2.75, 3.05) is 0 Å². The Hall–Kier alpha value is -1.96. The van der Waals surface area contributed by atoms with Crippen molar-refractivity contribution >= 4 is 5.78 Å². The third-order valence-electron chi connectivity index (χ3n) is 4.19. The Morgan fingerprint density at radius 1 is 1.05 bits per heavy atom. The summed E-state index contributed by atoms with van der Waals surface area (Å²) in [6.45, 7) is 1.68. The minimum atomic E-state index is -0.402. The van der Waals surface area contributed by atoms with Gasteiger partial charge in [0.2, 0.25) is 0 Å². The van der Waals surface area contributed by atoms with E-state index < -0.39 is 5.82 Å². The van der Waals surface area contributed by atoms with E-state index in [1.165, 1.54) is 6.42 Å². The highest BCUT2D eigenvalue weighted by atomic mass is 19.1. The topological polar surface area (TPSA) is 17.1 Å². The van der Waals surface area contributed by atoms with E-state index in [-0.39, 0.29) is 11.3 Å². The van der Waals surface area contributed by atoms with Crippen molar-refractivity contribution in [1.82, 2.24) is 0 Å². The van der Waals surface area contributed by atoms with Gasteiger partial charge in [0.1, 0.15) is 5.82 Å². The lowest BCUT2D eigenvalue weighted by Gasteiger charge is -2.27. The molecule has 3 rings (SSSR count). The standard InChI is InChI=1S/C18H17FO/c1-12-6-4-11-16(17(12)19)18(20)15-10-3-2-9-14(15)13-7-5-8-13/h2-4,6,9-11,13H,5,7-8H2,1H3. The quantitative estimate of drug-likeness (QED) is 0.741. The molecule has 2 heteroatoms. The van der Waals surface area contributed by atoms with Crippen LogP contribution < -0.4 is 0 Å². The van der Waals surface area contributed by atoms with Gasteiger partial charge in [0, 0.05) is 5.56 Å². The molecule has 0 spiro atoms. The third kappa shape index (κ3) is 2.15. The Bertz CT molecular complexity index is 656. The molecule has 0 radical (unpaired) electrons. The fourth-order valence-corrected chi connectivity index (χ4v) is 2.75. The molecule has 0 atom stereocenters. The van der Waals surface area contributed by atoms with E-state index in [1.54, 1.807) is 25.1 Å². The summed E-state index contributed by atoms with van der Waals surface area (Å²) in [5.41, 5.74) is 2.42. The largest absolute Gasteiger partial charge is 0.288 e. The molecule has 1 saturated carbocycles. The molecule has 0 N–H and O–H groups in total. The van der Waals surface area contributed by atoms with E-state index in [1.807, 2.05) is 24.3 Å². The molecule has 1 aliphatic rings. The third-order valence-corrected chi connectivity index (χ3v) is 4.19. The van der Waals surface area contributed by atoms with Crippen molar-refractivity contribution in [3.05, 3.63) is 70.5 Å². The second-order valence-electron chi connectivity index (χ2n) is 5.48. The highest BCUT2D eigenvalue weighted by molar-refractivity contribution is 6.10. The van der Waals surface area contributed by atoms with E-state index >= 15 is 0 Å². The van der Waals surface area contributed by atoms with Crippen LogP contribution in [0.4, 0.5) is 4.39 Å². The van der Waals surface area contributed by atoms with Gasteiger partial charge in [0.05, 0.1) is 5.56 Å². The van der Waals surface area contributed by atoms with Gasteiger partial charge in [0.15, 0.2) is 5.78 Å². The highest BCUT2D eigenvalue weighted by Gasteiger charge is 2.25. The van der Waals surface area contributed by atoms with Gasteiger partial charge >= 0.3 is 0 Å². The first kappa shape index (κ1) is 13.0. The van der Waals surface area contributed by atoms with Crippen LogP contribution in [-0.4, -0.2) is 5.78 Å². The van der Waals surface area contributed by atoms with Gasteiger partial charge in [-0.1, -0.05) is 42.8 Å². The molecule has 102 valence electrons. The van der Waals surface area contributed by atoms with Gasteiger partial charge in [-0.05, 0) is 42.9 Å². The number of hydrogen-bond donors (Lipinski definition) is 0. The summed E-state index contributed by atoms with van der Waals surface area (Å²) in [5, 5.41) is 0. The van der Waals surface area contributed by atoms with Gasteiger partial charge in [-0.15, -0.1) is 0 Å². The van der Waals surface area contributed by atoms with Crippen molar-refractivity contribution in [3.8, 4) is 0 Å². The van der Waals surface area contributed by atoms with Gasteiger partial charge in [-0.2, -0.15) is 0 Å². The van der Waals surface area contributed by atoms with Crippen LogP contribution in [0, 0.1) is 12.7 Å². The first-order chi connectivity index (χ1) is 9.68. The molecule has 1 fully saturated rings. The molecule has 0 amide bonds. The molecule has 2 aromatic carbocycles. The normalized spacial score (nSPS) is 14.9. The van der Waals surface area contributed by atoms with Crippen LogP contribution in [-0.2, 0) is 0 Å². The summed E-state index contributed by atoms with van der Waals surface area (Å²) in [4.78, 5) is 12.6. The Kier molecular flexibility index (Phi) is 3.39. The molecule has 1 aliphatic carbocycles. The molecular weight excluding hydrogens is 251 g/mol. The van der Waals surface area contributed by atoms with Crippen molar-refractivity contribution < 1.29 is 9.18 Å². The molecule has 0 heterocycles. The Morgan fingerprint density at radius 2 is 1.75 bits per heavy atom. The Balaban J connectivity index is 2.04. The molecule has 0 aromatic heterocycles. The van der Waals surface area contributed by atoms with E-state index in [0.717, 1.165) is 18.4 Å². The number of aryl methyl sites for hydroxylation is 1. The summed E-state index contributed by atoms with van der Waals surface area (Å²) >= 11 is 0. The number of carbonyl (C=O) groups is 1. The van der Waals surface area contributed by atoms with Gasteiger partial charge < -0.3 is 0 Å². The monoisotopic (exact) mass is 268 g/mol. The van der Waals surface area contributed by atoms with Crippen LogP contribution in [0.2, 0.25) is 0 Å². The van der Waals surface area contributed by atoms with Crippen molar-refractivity contribution in [1.29, 1.82) is 0 Å². The number of benzene rings is 2. The molecule has 0 aliphatic heterocycles. The number of halogens is 1. The summed E-state index contributed by atoms with van der Waals surface area (Å²) in [5.74, 6) is -0.141. The van der Waals surface area contributed by atoms with E-state index in [2.05, 4.69) is 0 Å². The van der Waals surface area contributed by atoms with Crippen molar-refractivity contribution in [3.63, 3.8) is 0 Å². The van der Waals surface area contributed by atoms with Gasteiger partial charge in [0.25, 0.3) is 0 Å². The van der Waals surface area contributed by atoms with Crippen molar-refractivity contribution in [2.24, 2.45) is 0 Å². The second kappa shape index (κ2) is 5.20. The lowest BCUT2D eigenvalue weighted by molar-refractivity contribution is 0.103. The van der Waals surface area contributed by atoms with Crippen LogP contribution in [0.3, 0.4) is 0 Å². The average Bonchev–Trinajstić information content (AvgIpc) is 2.40. The number of rotatable bonds is 3. The maximum Gasteiger partial charge on any atom is 0.196 e. The van der Waals surface area contributed by atoms with Crippen LogP contribution in [0.15, 0.2) is 42.5 Å². The zero-order valence-corrected chi connectivity index (χ0v) is 11.5.